The molecule has 18 heavy (non-hydrogen) atoms. The van der Waals surface area contributed by atoms with Gasteiger partial charge in [-0.1, -0.05) is 19.8 Å². The Labute approximate surface area is 108 Å². The van der Waals surface area contributed by atoms with Crippen molar-refractivity contribution in [2.45, 2.75) is 57.6 Å². The summed E-state index contributed by atoms with van der Waals surface area (Å²) in [5.41, 5.74) is 6.79. The quantitative estimate of drug-likeness (QED) is 0.691. The van der Waals surface area contributed by atoms with Crippen LogP contribution in [-0.2, 0) is 16.6 Å². The summed E-state index contributed by atoms with van der Waals surface area (Å²) in [4.78, 5) is 0. The maximum Gasteiger partial charge on any atom is 0.260 e. The topological polar surface area (TPSA) is 101 Å². The van der Waals surface area contributed by atoms with Gasteiger partial charge in [0.05, 0.1) is 0 Å². The van der Waals surface area contributed by atoms with E-state index in [0.717, 1.165) is 19.3 Å². The largest absolute Gasteiger partial charge is 0.326 e. The highest BCUT2D eigenvalue weighted by atomic mass is 32.2. The van der Waals surface area contributed by atoms with Gasteiger partial charge in [0.25, 0.3) is 10.0 Å². The third kappa shape index (κ3) is 3.54. The van der Waals surface area contributed by atoms with Gasteiger partial charge in [-0.05, 0) is 20.3 Å². The highest BCUT2D eigenvalue weighted by Crippen LogP contribution is 2.16. The lowest BCUT2D eigenvalue weighted by atomic mass is 10.2. The van der Waals surface area contributed by atoms with Crippen LogP contribution < -0.4 is 10.5 Å². The average molecular weight is 274 g/mol. The minimum Gasteiger partial charge on any atom is -0.326 e. The molecule has 0 bridgehead atoms. The van der Waals surface area contributed by atoms with Gasteiger partial charge in [-0.3, -0.25) is 5.10 Å². The number of nitrogens with one attached hydrogen (secondary N) is 2. The van der Waals surface area contributed by atoms with E-state index in [4.69, 9.17) is 5.73 Å². The predicted octanol–water partition coefficient (Wildman–Crippen LogP) is 1.03. The molecule has 6 nitrogen and oxygen atoms in total. The molecule has 0 spiro atoms. The Balaban J connectivity index is 2.86. The Kier molecular flexibility index (Phi) is 5.30. The number of unbranched alkanes of at least 4 members (excludes halogenated alkanes) is 1. The molecule has 1 heterocycles. The van der Waals surface area contributed by atoms with Crippen molar-refractivity contribution < 1.29 is 8.42 Å². The molecule has 0 aliphatic heterocycles. The number of hydrogen-bond acceptors (Lipinski definition) is 4. The third-order valence-corrected chi connectivity index (χ3v) is 4.40. The average Bonchev–Trinajstić information content (AvgIpc) is 2.67. The first-order chi connectivity index (χ1) is 8.42. The van der Waals surface area contributed by atoms with E-state index in [1.54, 1.807) is 6.92 Å². The summed E-state index contributed by atoms with van der Waals surface area (Å²) in [7, 11) is -3.58. The van der Waals surface area contributed by atoms with E-state index in [1.165, 1.54) is 0 Å². The van der Waals surface area contributed by atoms with Crippen molar-refractivity contribution in [2.75, 3.05) is 0 Å². The van der Waals surface area contributed by atoms with E-state index >= 15 is 0 Å². The van der Waals surface area contributed by atoms with E-state index in [-0.39, 0.29) is 17.6 Å². The maximum absolute atomic E-state index is 12.1. The molecule has 1 aromatic heterocycles. The van der Waals surface area contributed by atoms with Crippen molar-refractivity contribution in [3.8, 4) is 0 Å². The zero-order valence-electron chi connectivity index (χ0n) is 11.2. The third-order valence-electron chi connectivity index (χ3n) is 2.84. The molecule has 1 unspecified atom stereocenters. The first-order valence-electron chi connectivity index (χ1n) is 6.18. The summed E-state index contributed by atoms with van der Waals surface area (Å²) in [6.45, 7) is 5.84. The van der Waals surface area contributed by atoms with Gasteiger partial charge in [0.1, 0.15) is 0 Å². The first kappa shape index (κ1) is 15.1. The van der Waals surface area contributed by atoms with Crippen LogP contribution in [0.25, 0.3) is 0 Å². The molecule has 0 saturated heterocycles. The van der Waals surface area contributed by atoms with Crippen LogP contribution in [0.1, 0.15) is 44.4 Å². The number of aromatic amines is 1. The normalized spacial score (nSPS) is 13.8. The van der Waals surface area contributed by atoms with Gasteiger partial charge in [-0.25, -0.2) is 13.1 Å². The molecule has 1 atom stereocenters. The van der Waals surface area contributed by atoms with E-state index in [0.29, 0.717) is 11.3 Å². The van der Waals surface area contributed by atoms with E-state index in [2.05, 4.69) is 21.8 Å². The predicted molar refractivity (Wildman–Crippen MR) is 70.5 cm³/mol. The molecule has 0 aromatic carbocycles. The Morgan fingerprint density at radius 2 is 2.17 bits per heavy atom. The molecule has 0 aliphatic carbocycles. The number of rotatable bonds is 7. The molecular formula is C11H22N4O2S. The van der Waals surface area contributed by atoms with Gasteiger partial charge in [-0.15, -0.1) is 0 Å². The van der Waals surface area contributed by atoms with Crippen molar-refractivity contribution in [2.24, 2.45) is 5.73 Å². The Morgan fingerprint density at radius 1 is 1.50 bits per heavy atom. The number of sulfonamides is 1. The Hall–Kier alpha value is -0.920. The van der Waals surface area contributed by atoms with Crippen LogP contribution in [0.4, 0.5) is 0 Å². The molecule has 104 valence electrons. The molecule has 0 fully saturated rings. The number of H-pyrrole nitrogens is 1. The van der Waals surface area contributed by atoms with E-state index in [1.807, 2.05) is 6.92 Å². The highest BCUT2D eigenvalue weighted by molar-refractivity contribution is 7.89. The highest BCUT2D eigenvalue weighted by Gasteiger charge is 2.24. The standard InChI is InChI=1S/C11H22N4O2S/c1-4-5-6-8(2)15-18(16,17)11-10(7-12)9(3)13-14-11/h8,15H,4-7,12H2,1-3H3,(H,13,14). The smallest absolute Gasteiger partial charge is 0.260 e. The molecular weight excluding hydrogens is 252 g/mol. The van der Waals surface area contributed by atoms with Gasteiger partial charge in [0, 0.05) is 23.8 Å². The molecule has 0 saturated carbocycles. The van der Waals surface area contributed by atoms with Gasteiger partial charge in [0.2, 0.25) is 0 Å². The molecule has 7 heteroatoms. The van der Waals surface area contributed by atoms with Crippen molar-refractivity contribution in [1.82, 2.24) is 14.9 Å². The molecule has 0 amide bonds. The van der Waals surface area contributed by atoms with Crippen LogP contribution in [0, 0.1) is 6.92 Å². The minimum atomic E-state index is -3.58. The lowest BCUT2D eigenvalue weighted by molar-refractivity contribution is 0.530. The zero-order valence-corrected chi connectivity index (χ0v) is 12.0. The van der Waals surface area contributed by atoms with Crippen LogP contribution >= 0.6 is 0 Å². The lowest BCUT2D eigenvalue weighted by Crippen LogP contribution is -2.33. The van der Waals surface area contributed by atoms with Gasteiger partial charge in [0.15, 0.2) is 5.03 Å². The maximum atomic E-state index is 12.1. The molecule has 0 radical (unpaired) electrons. The summed E-state index contributed by atoms with van der Waals surface area (Å²) < 4.78 is 26.9. The molecule has 0 aliphatic rings. The fourth-order valence-corrected chi connectivity index (χ4v) is 3.27. The van der Waals surface area contributed by atoms with E-state index in [9.17, 15) is 8.42 Å². The number of aromatic nitrogens is 2. The number of aryl methyl sites for hydroxylation is 1. The van der Waals surface area contributed by atoms with Gasteiger partial charge >= 0.3 is 0 Å². The minimum absolute atomic E-state index is 0.0193. The first-order valence-corrected chi connectivity index (χ1v) is 7.67. The van der Waals surface area contributed by atoms with Crippen LogP contribution in [0.2, 0.25) is 0 Å². The summed E-state index contributed by atoms with van der Waals surface area (Å²) in [6, 6.07) is -0.0995. The van der Waals surface area contributed by atoms with Crippen LogP contribution in [0.15, 0.2) is 5.03 Å². The summed E-state index contributed by atoms with van der Waals surface area (Å²) >= 11 is 0. The van der Waals surface area contributed by atoms with Crippen molar-refractivity contribution >= 4 is 10.0 Å². The fourth-order valence-electron chi connectivity index (χ4n) is 1.78. The van der Waals surface area contributed by atoms with E-state index < -0.39 is 10.0 Å². The number of nitrogens with zero attached hydrogens (tertiary/aromatic N) is 1. The molecule has 4 N–H and O–H groups in total. The zero-order chi connectivity index (χ0) is 13.8. The van der Waals surface area contributed by atoms with Crippen LogP contribution in [0.5, 0.6) is 0 Å². The Bertz CT molecular complexity index is 481. The molecule has 1 aromatic rings. The second-order valence-corrected chi connectivity index (χ2v) is 6.13. The molecule has 1 rings (SSSR count). The second-order valence-electron chi connectivity index (χ2n) is 4.50. The van der Waals surface area contributed by atoms with Gasteiger partial charge in [-0.2, -0.15) is 5.10 Å². The lowest BCUT2D eigenvalue weighted by Gasteiger charge is -2.13. The summed E-state index contributed by atoms with van der Waals surface area (Å²) in [6.07, 6.45) is 2.85. The summed E-state index contributed by atoms with van der Waals surface area (Å²) in [5, 5.41) is 6.52. The van der Waals surface area contributed by atoms with Crippen LogP contribution in [0.3, 0.4) is 0 Å². The number of nitrogens with two attached hydrogens (primary N) is 1. The van der Waals surface area contributed by atoms with Crippen LogP contribution in [-0.4, -0.2) is 24.7 Å². The monoisotopic (exact) mass is 274 g/mol. The van der Waals surface area contributed by atoms with Crippen molar-refractivity contribution in [1.29, 1.82) is 0 Å². The second kappa shape index (κ2) is 6.31. The SMILES string of the molecule is CCCCC(C)NS(=O)(=O)c1n[nH]c(C)c1CN. The summed E-state index contributed by atoms with van der Waals surface area (Å²) in [5.74, 6) is 0. The van der Waals surface area contributed by atoms with Crippen molar-refractivity contribution in [3.05, 3.63) is 11.3 Å². The van der Waals surface area contributed by atoms with Crippen molar-refractivity contribution in [3.63, 3.8) is 0 Å². The van der Waals surface area contributed by atoms with Gasteiger partial charge < -0.3 is 5.73 Å². The Morgan fingerprint density at radius 3 is 2.72 bits per heavy atom. The number of hydrogen-bond donors (Lipinski definition) is 3. The fraction of sp³-hybridized carbons (Fsp3) is 0.727.